The number of rotatable bonds is 3. The van der Waals surface area contributed by atoms with Gasteiger partial charge in [-0.25, -0.2) is 15.0 Å². The second kappa shape index (κ2) is 7.49. The monoisotopic (exact) mass is 398 g/mol. The second-order valence-corrected chi connectivity index (χ2v) is 7.67. The van der Waals surface area contributed by atoms with Crippen molar-refractivity contribution in [2.45, 2.75) is 0 Å². The minimum Gasteiger partial charge on any atom is -0.353 e. The van der Waals surface area contributed by atoms with E-state index in [9.17, 15) is 0 Å². The molecule has 29 heavy (non-hydrogen) atoms. The topological polar surface area (TPSA) is 68.9 Å². The van der Waals surface area contributed by atoms with E-state index in [1.54, 1.807) is 23.6 Å². The molecular weight excluding hydrogens is 380 g/mol. The van der Waals surface area contributed by atoms with E-state index < -0.39 is 0 Å². The number of thiophene rings is 1. The van der Waals surface area contributed by atoms with Gasteiger partial charge in [0.2, 0.25) is 0 Å². The van der Waals surface area contributed by atoms with Crippen molar-refractivity contribution < 1.29 is 0 Å². The fourth-order valence-corrected chi connectivity index (χ4v) is 4.26. The Labute approximate surface area is 172 Å². The fourth-order valence-electron chi connectivity index (χ4n) is 3.63. The Bertz CT molecular complexity index is 1190. The fraction of sp³-hybridized carbons (Fsp3) is 0.182. The van der Waals surface area contributed by atoms with Crippen LogP contribution < -0.4 is 9.80 Å². The molecular formula is C22H18N6S. The smallest absolute Gasteiger partial charge is 0.162 e. The molecule has 0 atom stereocenters. The lowest BCUT2D eigenvalue weighted by Gasteiger charge is -2.36. The molecule has 0 spiro atoms. The summed E-state index contributed by atoms with van der Waals surface area (Å²) in [5.41, 5.74) is 2.65. The summed E-state index contributed by atoms with van der Waals surface area (Å²) < 4.78 is 0. The second-order valence-electron chi connectivity index (χ2n) is 6.89. The van der Waals surface area contributed by atoms with Crippen LogP contribution in [-0.2, 0) is 0 Å². The van der Waals surface area contributed by atoms with Crippen LogP contribution in [0, 0.1) is 11.3 Å². The third-order valence-electron chi connectivity index (χ3n) is 5.14. The first-order chi connectivity index (χ1) is 14.3. The molecule has 0 unspecified atom stereocenters. The molecule has 1 aromatic carbocycles. The Balaban J connectivity index is 1.45. The Kier molecular flexibility index (Phi) is 4.54. The molecule has 4 aromatic rings. The third kappa shape index (κ3) is 3.39. The molecule has 6 nitrogen and oxygen atoms in total. The highest BCUT2D eigenvalue weighted by Crippen LogP contribution is 2.29. The van der Waals surface area contributed by atoms with Gasteiger partial charge in [-0.1, -0.05) is 12.1 Å². The quantitative estimate of drug-likeness (QED) is 0.520. The van der Waals surface area contributed by atoms with Crippen molar-refractivity contribution >= 4 is 33.9 Å². The predicted octanol–water partition coefficient (Wildman–Crippen LogP) is 3.95. The summed E-state index contributed by atoms with van der Waals surface area (Å²) in [5, 5.41) is 14.3. The zero-order chi connectivity index (χ0) is 19.6. The number of anilines is 2. The molecule has 142 valence electrons. The maximum Gasteiger partial charge on any atom is 0.162 e. The minimum atomic E-state index is 0.639. The average Bonchev–Trinajstić information content (AvgIpc) is 3.34. The summed E-state index contributed by atoms with van der Waals surface area (Å²) in [5.74, 6) is 2.61. The van der Waals surface area contributed by atoms with Crippen LogP contribution in [0.5, 0.6) is 0 Å². The molecule has 0 saturated carbocycles. The molecule has 1 aliphatic rings. The van der Waals surface area contributed by atoms with Crippen LogP contribution in [0.4, 0.5) is 11.6 Å². The number of fused-ring (bicyclic) bond motifs is 1. The standard InChI is InChI=1S/C22H18N6S/c23-14-16-5-7-24-20(13-16)27-8-10-28(11-9-27)22-18-3-1-2-4-19(18)25-21(26-22)17-6-12-29-15-17/h1-7,12-13,15H,8-11H2. The molecule has 0 amide bonds. The van der Waals surface area contributed by atoms with E-state index in [1.165, 1.54) is 0 Å². The number of benzene rings is 1. The Morgan fingerprint density at radius 2 is 1.79 bits per heavy atom. The molecule has 0 N–H and O–H groups in total. The molecule has 7 heteroatoms. The number of para-hydroxylation sites is 1. The molecule has 0 radical (unpaired) electrons. The number of piperazine rings is 1. The lowest BCUT2D eigenvalue weighted by Crippen LogP contribution is -2.47. The first kappa shape index (κ1) is 17.6. The van der Waals surface area contributed by atoms with Crippen molar-refractivity contribution in [2.24, 2.45) is 0 Å². The number of hydrogen-bond donors (Lipinski definition) is 0. The normalized spacial score (nSPS) is 14.2. The third-order valence-corrected chi connectivity index (χ3v) is 5.82. The zero-order valence-electron chi connectivity index (χ0n) is 15.7. The van der Waals surface area contributed by atoms with Crippen molar-refractivity contribution in [1.29, 1.82) is 5.26 Å². The average molecular weight is 398 g/mol. The number of aromatic nitrogens is 3. The van der Waals surface area contributed by atoms with Gasteiger partial charge >= 0.3 is 0 Å². The van der Waals surface area contributed by atoms with E-state index in [0.717, 1.165) is 60.1 Å². The molecule has 3 aromatic heterocycles. The van der Waals surface area contributed by atoms with Crippen LogP contribution in [0.1, 0.15) is 5.56 Å². The molecule has 0 bridgehead atoms. The van der Waals surface area contributed by atoms with Crippen molar-refractivity contribution in [3.63, 3.8) is 0 Å². The number of nitrogens with zero attached hydrogens (tertiary/aromatic N) is 6. The maximum absolute atomic E-state index is 9.14. The summed E-state index contributed by atoms with van der Waals surface area (Å²) in [4.78, 5) is 18.7. The highest BCUT2D eigenvalue weighted by atomic mass is 32.1. The van der Waals surface area contributed by atoms with Gasteiger partial charge in [0.25, 0.3) is 0 Å². The van der Waals surface area contributed by atoms with E-state index >= 15 is 0 Å². The molecule has 0 aliphatic carbocycles. The first-order valence-electron chi connectivity index (χ1n) is 9.47. The highest BCUT2D eigenvalue weighted by molar-refractivity contribution is 7.08. The minimum absolute atomic E-state index is 0.639. The van der Waals surface area contributed by atoms with Crippen molar-refractivity contribution in [1.82, 2.24) is 15.0 Å². The predicted molar refractivity (Wildman–Crippen MR) is 116 cm³/mol. The SMILES string of the molecule is N#Cc1ccnc(N2CCN(c3nc(-c4ccsc4)nc4ccccc34)CC2)c1. The van der Waals surface area contributed by atoms with E-state index in [0.29, 0.717) is 5.56 Å². The Morgan fingerprint density at radius 3 is 2.59 bits per heavy atom. The van der Waals surface area contributed by atoms with Gasteiger partial charge in [-0.15, -0.1) is 0 Å². The largest absolute Gasteiger partial charge is 0.353 e. The summed E-state index contributed by atoms with van der Waals surface area (Å²) in [6.45, 7) is 3.33. The summed E-state index contributed by atoms with van der Waals surface area (Å²) in [7, 11) is 0. The lowest BCUT2D eigenvalue weighted by atomic mass is 10.2. The van der Waals surface area contributed by atoms with Gasteiger partial charge in [0.05, 0.1) is 17.1 Å². The Hall–Kier alpha value is -3.50. The summed E-state index contributed by atoms with van der Waals surface area (Å²) in [6, 6.07) is 16.0. The zero-order valence-corrected chi connectivity index (χ0v) is 16.5. The van der Waals surface area contributed by atoms with Gasteiger partial charge in [0.1, 0.15) is 11.6 Å². The molecule has 1 saturated heterocycles. The summed E-state index contributed by atoms with van der Waals surface area (Å²) in [6.07, 6.45) is 1.70. The molecule has 1 aliphatic heterocycles. The maximum atomic E-state index is 9.14. The van der Waals surface area contributed by atoms with E-state index in [-0.39, 0.29) is 0 Å². The highest BCUT2D eigenvalue weighted by Gasteiger charge is 2.22. The van der Waals surface area contributed by atoms with Crippen LogP contribution in [0.2, 0.25) is 0 Å². The van der Waals surface area contributed by atoms with Gasteiger partial charge in [-0.2, -0.15) is 16.6 Å². The van der Waals surface area contributed by atoms with Crippen molar-refractivity contribution in [3.05, 3.63) is 65.0 Å². The van der Waals surface area contributed by atoms with Crippen LogP contribution in [0.25, 0.3) is 22.3 Å². The molecule has 4 heterocycles. The number of hydrogen-bond acceptors (Lipinski definition) is 7. The number of pyridine rings is 1. The van der Waals surface area contributed by atoms with Gasteiger partial charge in [-0.3, -0.25) is 0 Å². The molecule has 1 fully saturated rings. The van der Waals surface area contributed by atoms with Crippen LogP contribution in [0.3, 0.4) is 0 Å². The van der Waals surface area contributed by atoms with Crippen molar-refractivity contribution in [3.8, 4) is 17.5 Å². The van der Waals surface area contributed by atoms with Gasteiger partial charge in [0.15, 0.2) is 5.82 Å². The van der Waals surface area contributed by atoms with E-state index in [2.05, 4.69) is 43.7 Å². The van der Waals surface area contributed by atoms with Gasteiger partial charge in [0, 0.05) is 48.7 Å². The lowest BCUT2D eigenvalue weighted by molar-refractivity contribution is 0.643. The molecule has 5 rings (SSSR count). The van der Waals surface area contributed by atoms with Crippen LogP contribution in [0.15, 0.2) is 59.4 Å². The Morgan fingerprint density at radius 1 is 0.966 bits per heavy atom. The van der Waals surface area contributed by atoms with E-state index in [4.69, 9.17) is 15.2 Å². The number of nitriles is 1. The van der Waals surface area contributed by atoms with Gasteiger partial charge in [-0.05, 0) is 35.7 Å². The van der Waals surface area contributed by atoms with E-state index in [1.807, 2.05) is 24.3 Å². The van der Waals surface area contributed by atoms with Crippen LogP contribution >= 0.6 is 11.3 Å². The van der Waals surface area contributed by atoms with Crippen LogP contribution in [-0.4, -0.2) is 41.1 Å². The van der Waals surface area contributed by atoms with Crippen molar-refractivity contribution in [2.75, 3.05) is 36.0 Å². The first-order valence-corrected chi connectivity index (χ1v) is 10.4. The van der Waals surface area contributed by atoms with Gasteiger partial charge < -0.3 is 9.80 Å². The summed E-state index contributed by atoms with van der Waals surface area (Å²) >= 11 is 1.65.